The van der Waals surface area contributed by atoms with Crippen LogP contribution in [0.25, 0.3) is 0 Å². The molecule has 0 saturated heterocycles. The van der Waals surface area contributed by atoms with E-state index in [1.807, 2.05) is 18.9 Å². The van der Waals surface area contributed by atoms with Crippen molar-refractivity contribution in [3.8, 4) is 0 Å². The lowest BCUT2D eigenvalue weighted by atomic mass is 9.64. The van der Waals surface area contributed by atoms with Crippen molar-refractivity contribution in [2.24, 2.45) is 16.3 Å². The van der Waals surface area contributed by atoms with Gasteiger partial charge in [0.1, 0.15) is 0 Å². The van der Waals surface area contributed by atoms with Crippen molar-refractivity contribution in [3.63, 3.8) is 0 Å². The predicted octanol–water partition coefficient (Wildman–Crippen LogP) is 2.27. The summed E-state index contributed by atoms with van der Waals surface area (Å²) in [6.07, 6.45) is 4.34. The summed E-state index contributed by atoms with van der Waals surface area (Å²) in [5, 5.41) is 5.55. The van der Waals surface area contributed by atoms with Crippen molar-refractivity contribution in [3.05, 3.63) is 0 Å². The summed E-state index contributed by atoms with van der Waals surface area (Å²) >= 11 is 1.97. The van der Waals surface area contributed by atoms with E-state index in [1.54, 1.807) is 0 Å². The predicted molar refractivity (Wildman–Crippen MR) is 72.5 cm³/mol. The van der Waals surface area contributed by atoms with Gasteiger partial charge in [0, 0.05) is 23.8 Å². The first-order valence-electron chi connectivity index (χ1n) is 6.61. The van der Waals surface area contributed by atoms with Crippen LogP contribution in [0.1, 0.15) is 33.1 Å². The average molecular weight is 254 g/mol. The number of hydrogen-bond acceptors (Lipinski definition) is 4. The smallest absolute Gasteiger partial charge is 0.157 e. The maximum Gasteiger partial charge on any atom is 0.157 e. The molecule has 1 aliphatic heterocycles. The Morgan fingerprint density at radius 2 is 2.18 bits per heavy atom. The number of amidine groups is 1. The molecule has 0 aromatic heterocycles. The highest BCUT2D eigenvalue weighted by Crippen LogP contribution is 2.45. The fraction of sp³-hybridized carbons (Fsp3) is 0.923. The van der Waals surface area contributed by atoms with E-state index in [1.165, 1.54) is 18.0 Å². The second-order valence-corrected chi connectivity index (χ2v) is 7.35. The fourth-order valence-corrected chi connectivity index (χ4v) is 4.12. The molecule has 0 aromatic rings. The molecule has 96 valence electrons. The SMILES string of the molecule is COC1CC(NC2=NCC(C3CC3)S2)C1(C)C. The second kappa shape index (κ2) is 4.16. The van der Waals surface area contributed by atoms with Crippen LogP contribution in [0.4, 0.5) is 0 Å². The molecule has 3 aliphatic rings. The third-order valence-electron chi connectivity index (χ3n) is 4.59. The Kier molecular flexibility index (Phi) is 2.90. The van der Waals surface area contributed by atoms with Crippen LogP contribution in [0, 0.1) is 11.3 Å². The molecule has 0 spiro atoms. The molecular weight excluding hydrogens is 232 g/mol. The van der Waals surface area contributed by atoms with Crippen LogP contribution in [-0.2, 0) is 4.74 Å². The zero-order valence-corrected chi connectivity index (χ0v) is 11.7. The molecule has 0 bridgehead atoms. The van der Waals surface area contributed by atoms with E-state index in [-0.39, 0.29) is 5.41 Å². The minimum Gasteiger partial charge on any atom is -0.381 e. The van der Waals surface area contributed by atoms with Gasteiger partial charge in [0.25, 0.3) is 0 Å². The highest BCUT2D eigenvalue weighted by molar-refractivity contribution is 8.14. The van der Waals surface area contributed by atoms with Crippen LogP contribution in [0.15, 0.2) is 4.99 Å². The maximum atomic E-state index is 5.48. The van der Waals surface area contributed by atoms with Crippen molar-refractivity contribution in [2.75, 3.05) is 13.7 Å². The van der Waals surface area contributed by atoms with Crippen LogP contribution >= 0.6 is 11.8 Å². The summed E-state index contributed by atoms with van der Waals surface area (Å²) in [6.45, 7) is 5.58. The van der Waals surface area contributed by atoms with Crippen LogP contribution in [0.2, 0.25) is 0 Å². The van der Waals surface area contributed by atoms with Gasteiger partial charge in [0.2, 0.25) is 0 Å². The zero-order valence-electron chi connectivity index (χ0n) is 10.9. The fourth-order valence-electron chi connectivity index (χ4n) is 2.86. The number of nitrogens with one attached hydrogen (secondary N) is 1. The van der Waals surface area contributed by atoms with Crippen molar-refractivity contribution < 1.29 is 4.74 Å². The summed E-state index contributed by atoms with van der Waals surface area (Å²) in [6, 6.07) is 0.525. The third-order valence-corrected chi connectivity index (χ3v) is 5.89. The molecule has 3 atom stereocenters. The molecule has 2 fully saturated rings. The van der Waals surface area contributed by atoms with Gasteiger partial charge >= 0.3 is 0 Å². The molecule has 17 heavy (non-hydrogen) atoms. The molecule has 0 aromatic carbocycles. The van der Waals surface area contributed by atoms with E-state index in [0.29, 0.717) is 12.1 Å². The largest absolute Gasteiger partial charge is 0.381 e. The summed E-state index contributed by atoms with van der Waals surface area (Å²) in [7, 11) is 1.81. The van der Waals surface area contributed by atoms with E-state index in [9.17, 15) is 0 Å². The normalized spacial score (nSPS) is 39.7. The first kappa shape index (κ1) is 11.8. The Morgan fingerprint density at radius 3 is 2.76 bits per heavy atom. The molecule has 1 heterocycles. The molecule has 3 rings (SSSR count). The molecule has 2 saturated carbocycles. The van der Waals surface area contributed by atoms with Gasteiger partial charge in [-0.15, -0.1) is 0 Å². The molecule has 2 aliphatic carbocycles. The van der Waals surface area contributed by atoms with Crippen LogP contribution in [-0.4, -0.2) is 36.2 Å². The number of rotatable bonds is 3. The Hall–Kier alpha value is -0.220. The van der Waals surface area contributed by atoms with Crippen molar-refractivity contribution in [2.45, 2.75) is 50.5 Å². The maximum absolute atomic E-state index is 5.48. The first-order valence-corrected chi connectivity index (χ1v) is 7.49. The monoisotopic (exact) mass is 254 g/mol. The van der Waals surface area contributed by atoms with E-state index >= 15 is 0 Å². The Morgan fingerprint density at radius 1 is 1.41 bits per heavy atom. The molecule has 3 unspecified atom stereocenters. The lowest BCUT2D eigenvalue weighted by molar-refractivity contribution is -0.0917. The van der Waals surface area contributed by atoms with Gasteiger partial charge < -0.3 is 10.1 Å². The van der Waals surface area contributed by atoms with Crippen molar-refractivity contribution in [1.29, 1.82) is 0 Å². The van der Waals surface area contributed by atoms with Gasteiger partial charge in [-0.2, -0.15) is 0 Å². The third kappa shape index (κ3) is 2.10. The van der Waals surface area contributed by atoms with Crippen LogP contribution in [0.5, 0.6) is 0 Å². The first-order chi connectivity index (χ1) is 8.11. The van der Waals surface area contributed by atoms with Gasteiger partial charge in [0.15, 0.2) is 5.17 Å². The molecule has 3 nitrogen and oxygen atoms in total. The van der Waals surface area contributed by atoms with Gasteiger partial charge in [-0.1, -0.05) is 25.6 Å². The minimum atomic E-state index is 0.232. The Balaban J connectivity index is 1.52. The Labute approximate surface area is 108 Å². The number of nitrogens with zero attached hydrogens (tertiary/aromatic N) is 1. The molecule has 1 N–H and O–H groups in total. The standard InChI is InChI=1S/C13H22N2OS/c1-13(2)10(6-11(13)16-3)15-12-14-7-9(17-12)8-4-5-8/h8-11H,4-7H2,1-3H3,(H,14,15). The van der Waals surface area contributed by atoms with Crippen molar-refractivity contribution in [1.82, 2.24) is 5.32 Å². The van der Waals surface area contributed by atoms with E-state index < -0.39 is 0 Å². The highest BCUT2D eigenvalue weighted by Gasteiger charge is 2.49. The van der Waals surface area contributed by atoms with E-state index in [2.05, 4.69) is 24.2 Å². The van der Waals surface area contributed by atoms with Gasteiger partial charge in [-0.25, -0.2) is 0 Å². The molecule has 0 radical (unpaired) electrons. The van der Waals surface area contributed by atoms with E-state index in [0.717, 1.165) is 24.1 Å². The molecule has 4 heteroatoms. The van der Waals surface area contributed by atoms with Crippen LogP contribution < -0.4 is 5.32 Å². The number of aliphatic imine (C=N–C) groups is 1. The summed E-state index contributed by atoms with van der Waals surface area (Å²) < 4.78 is 5.48. The molecular formula is C13H22N2OS. The van der Waals surface area contributed by atoms with Gasteiger partial charge in [-0.3, -0.25) is 4.99 Å². The lowest BCUT2D eigenvalue weighted by Gasteiger charge is -2.51. The summed E-state index contributed by atoms with van der Waals surface area (Å²) in [4.78, 5) is 4.64. The summed E-state index contributed by atoms with van der Waals surface area (Å²) in [5.74, 6) is 0.948. The average Bonchev–Trinajstić information content (AvgIpc) is 3.04. The van der Waals surface area contributed by atoms with E-state index in [4.69, 9.17) is 4.74 Å². The minimum absolute atomic E-state index is 0.232. The Bertz CT molecular complexity index is 338. The second-order valence-electron chi connectivity index (χ2n) is 6.12. The number of hydrogen-bond donors (Lipinski definition) is 1. The highest BCUT2D eigenvalue weighted by atomic mass is 32.2. The van der Waals surface area contributed by atoms with Gasteiger partial charge in [0.05, 0.1) is 12.6 Å². The number of ether oxygens (including phenoxy) is 1. The van der Waals surface area contributed by atoms with Crippen LogP contribution in [0.3, 0.4) is 0 Å². The number of methoxy groups -OCH3 is 1. The van der Waals surface area contributed by atoms with Crippen molar-refractivity contribution >= 4 is 16.9 Å². The summed E-state index contributed by atoms with van der Waals surface area (Å²) in [5.41, 5.74) is 0.232. The topological polar surface area (TPSA) is 33.6 Å². The molecule has 0 amide bonds. The number of thioether (sulfide) groups is 1. The van der Waals surface area contributed by atoms with Gasteiger partial charge in [-0.05, 0) is 25.2 Å². The quantitative estimate of drug-likeness (QED) is 0.839. The zero-order chi connectivity index (χ0) is 12.0. The lowest BCUT2D eigenvalue weighted by Crippen LogP contribution is -2.61.